The average Bonchev–Trinajstić information content (AvgIpc) is 3.19. The van der Waals surface area contributed by atoms with Gasteiger partial charge in [0.2, 0.25) is 0 Å². The lowest BCUT2D eigenvalue weighted by atomic mass is 10.0. The molecule has 2 aromatic carbocycles. The van der Waals surface area contributed by atoms with E-state index < -0.39 is 0 Å². The molecule has 2 aliphatic rings. The van der Waals surface area contributed by atoms with Crippen molar-refractivity contribution in [3.63, 3.8) is 0 Å². The van der Waals surface area contributed by atoms with Crippen molar-refractivity contribution in [1.29, 1.82) is 10.5 Å². The first-order valence-electron chi connectivity index (χ1n) is 7.98. The molecular weight excluding hydrogens is 298 g/mol. The van der Waals surface area contributed by atoms with E-state index in [2.05, 4.69) is 12.1 Å². The maximum Gasteiger partial charge on any atom is 0.163 e. The lowest BCUT2D eigenvalue weighted by molar-refractivity contribution is 0.0994. The van der Waals surface area contributed by atoms with Crippen LogP contribution < -0.4 is 5.73 Å². The van der Waals surface area contributed by atoms with E-state index in [4.69, 9.17) is 16.3 Å². The van der Waals surface area contributed by atoms with E-state index in [-0.39, 0.29) is 11.8 Å². The number of carbonyl (C=O) groups excluding carboxylic acids is 1. The smallest absolute Gasteiger partial charge is 0.163 e. The highest BCUT2D eigenvalue weighted by Crippen LogP contribution is 2.31. The molecule has 0 saturated carbocycles. The van der Waals surface area contributed by atoms with Crippen molar-refractivity contribution >= 4 is 5.78 Å². The average molecular weight is 315 g/mol. The molecule has 2 N–H and O–H groups in total. The van der Waals surface area contributed by atoms with Crippen molar-refractivity contribution < 1.29 is 4.79 Å². The standard InChI is InChI=1S/C10H10N2.C10H7NO/c2*11-6-7-2-1-3-9-8(7)4-5-10(9)12/h1-3,10H,4-5,12H2;1-3H,4-5H2. The molecule has 24 heavy (non-hydrogen) atoms. The van der Waals surface area contributed by atoms with Crippen molar-refractivity contribution in [2.75, 3.05) is 0 Å². The van der Waals surface area contributed by atoms with E-state index in [0.717, 1.165) is 47.1 Å². The molecular formula is C20H17N3O. The minimum atomic E-state index is 0.147. The zero-order valence-electron chi connectivity index (χ0n) is 13.2. The molecule has 1 unspecified atom stereocenters. The number of nitriles is 2. The first-order chi connectivity index (χ1) is 11.7. The number of rotatable bonds is 0. The maximum atomic E-state index is 11.2. The van der Waals surface area contributed by atoms with E-state index in [9.17, 15) is 4.79 Å². The molecule has 4 heteroatoms. The van der Waals surface area contributed by atoms with Crippen LogP contribution in [0, 0.1) is 22.7 Å². The molecule has 0 aliphatic heterocycles. The van der Waals surface area contributed by atoms with Crippen molar-refractivity contribution in [2.45, 2.75) is 31.7 Å². The third kappa shape index (κ3) is 2.80. The van der Waals surface area contributed by atoms with Gasteiger partial charge in [0.1, 0.15) is 0 Å². The van der Waals surface area contributed by atoms with Gasteiger partial charge in [-0.05, 0) is 48.1 Å². The van der Waals surface area contributed by atoms with Gasteiger partial charge in [0, 0.05) is 18.0 Å². The SMILES string of the molecule is N#Cc1cccc2c1CCC2=O.N#Cc1cccc2c1CCC2N. The molecule has 118 valence electrons. The summed E-state index contributed by atoms with van der Waals surface area (Å²) in [6.45, 7) is 0. The zero-order chi connectivity index (χ0) is 17.1. The highest BCUT2D eigenvalue weighted by Gasteiger charge is 2.21. The maximum absolute atomic E-state index is 11.2. The van der Waals surface area contributed by atoms with E-state index in [1.54, 1.807) is 18.2 Å². The summed E-state index contributed by atoms with van der Waals surface area (Å²) in [5.41, 5.74) is 11.3. The number of hydrogen-bond acceptors (Lipinski definition) is 4. The summed E-state index contributed by atoms with van der Waals surface area (Å²) in [6, 6.07) is 15.5. The Morgan fingerprint density at radius 1 is 0.917 bits per heavy atom. The van der Waals surface area contributed by atoms with Gasteiger partial charge in [-0.1, -0.05) is 24.3 Å². The third-order valence-corrected chi connectivity index (χ3v) is 4.64. The first kappa shape index (κ1) is 15.9. The van der Waals surface area contributed by atoms with Crippen molar-refractivity contribution in [1.82, 2.24) is 0 Å². The number of hydrogen-bond donors (Lipinski definition) is 1. The third-order valence-electron chi connectivity index (χ3n) is 4.64. The Labute approximate surface area is 141 Å². The van der Waals surface area contributed by atoms with Crippen LogP contribution in [0.2, 0.25) is 0 Å². The van der Waals surface area contributed by atoms with Crippen LogP contribution >= 0.6 is 0 Å². The highest BCUT2D eigenvalue weighted by molar-refractivity contribution is 6.01. The van der Waals surface area contributed by atoms with Crippen molar-refractivity contribution in [2.24, 2.45) is 5.73 Å². The second kappa shape index (κ2) is 6.66. The fraction of sp³-hybridized carbons (Fsp3) is 0.250. The summed E-state index contributed by atoms with van der Waals surface area (Å²) in [6.07, 6.45) is 3.24. The van der Waals surface area contributed by atoms with Crippen molar-refractivity contribution in [3.05, 3.63) is 69.8 Å². The van der Waals surface area contributed by atoms with Crippen LogP contribution in [-0.4, -0.2) is 5.78 Å². The molecule has 2 aromatic rings. The summed E-state index contributed by atoms with van der Waals surface area (Å²) < 4.78 is 0. The quantitative estimate of drug-likeness (QED) is 0.808. The van der Waals surface area contributed by atoms with Crippen LogP contribution in [0.15, 0.2) is 36.4 Å². The zero-order valence-corrected chi connectivity index (χ0v) is 13.2. The summed E-state index contributed by atoms with van der Waals surface area (Å²) in [4.78, 5) is 11.2. The topological polar surface area (TPSA) is 90.7 Å². The minimum absolute atomic E-state index is 0.147. The van der Waals surface area contributed by atoms with E-state index in [1.807, 2.05) is 18.2 Å². The van der Waals surface area contributed by atoms with E-state index in [0.29, 0.717) is 12.0 Å². The molecule has 0 saturated heterocycles. The number of Topliss-reactive ketones (excluding diaryl/α,β-unsaturated/α-hetero) is 1. The second-order valence-electron chi connectivity index (χ2n) is 6.00. The van der Waals surface area contributed by atoms with E-state index >= 15 is 0 Å². The molecule has 4 nitrogen and oxygen atoms in total. The van der Waals surface area contributed by atoms with Gasteiger partial charge in [0.05, 0.1) is 23.3 Å². The molecule has 0 amide bonds. The number of fused-ring (bicyclic) bond motifs is 2. The Balaban J connectivity index is 0.000000141. The van der Waals surface area contributed by atoms with Gasteiger partial charge in [0.15, 0.2) is 5.78 Å². The summed E-state index contributed by atoms with van der Waals surface area (Å²) in [7, 11) is 0. The van der Waals surface area contributed by atoms with E-state index in [1.165, 1.54) is 0 Å². The van der Waals surface area contributed by atoms with Crippen LogP contribution in [-0.2, 0) is 12.8 Å². The number of ketones is 1. The van der Waals surface area contributed by atoms with Crippen LogP contribution in [0.5, 0.6) is 0 Å². The molecule has 2 aliphatic carbocycles. The second-order valence-corrected chi connectivity index (χ2v) is 6.00. The van der Waals surface area contributed by atoms with Gasteiger partial charge in [0.25, 0.3) is 0 Å². The Morgan fingerprint density at radius 3 is 2.29 bits per heavy atom. The molecule has 0 bridgehead atoms. The number of carbonyl (C=O) groups is 1. The van der Waals surface area contributed by atoms with Crippen LogP contribution in [0.1, 0.15) is 57.1 Å². The van der Waals surface area contributed by atoms with Gasteiger partial charge < -0.3 is 5.73 Å². The predicted molar refractivity (Wildman–Crippen MR) is 90.2 cm³/mol. The molecule has 4 rings (SSSR count). The molecule has 0 aromatic heterocycles. The Hall–Kier alpha value is -2.95. The normalized spacial score (nSPS) is 17.1. The van der Waals surface area contributed by atoms with Crippen molar-refractivity contribution in [3.8, 4) is 12.1 Å². The van der Waals surface area contributed by atoms with Crippen LogP contribution in [0.25, 0.3) is 0 Å². The Morgan fingerprint density at radius 2 is 1.58 bits per heavy atom. The predicted octanol–water partition coefficient (Wildman–Crippen LogP) is 3.19. The van der Waals surface area contributed by atoms with Crippen LogP contribution in [0.4, 0.5) is 0 Å². The Kier molecular flexibility index (Phi) is 4.42. The van der Waals surface area contributed by atoms with Crippen LogP contribution in [0.3, 0.4) is 0 Å². The molecule has 0 radical (unpaired) electrons. The number of benzene rings is 2. The van der Waals surface area contributed by atoms with Gasteiger partial charge in [-0.2, -0.15) is 10.5 Å². The summed E-state index contributed by atoms with van der Waals surface area (Å²) in [5, 5.41) is 17.5. The number of nitrogens with two attached hydrogens (primary N) is 1. The first-order valence-corrected chi connectivity index (χ1v) is 7.98. The fourth-order valence-electron chi connectivity index (χ4n) is 3.39. The lowest BCUT2D eigenvalue weighted by Crippen LogP contribution is -2.04. The van der Waals surface area contributed by atoms with Gasteiger partial charge in [-0.3, -0.25) is 4.79 Å². The molecule has 0 spiro atoms. The van der Waals surface area contributed by atoms with Gasteiger partial charge >= 0.3 is 0 Å². The molecule has 0 fully saturated rings. The highest BCUT2D eigenvalue weighted by atomic mass is 16.1. The number of nitrogens with zero attached hydrogens (tertiary/aromatic N) is 2. The summed E-state index contributed by atoms with van der Waals surface area (Å²) >= 11 is 0. The molecule has 1 atom stereocenters. The lowest BCUT2D eigenvalue weighted by Gasteiger charge is -2.03. The monoisotopic (exact) mass is 315 g/mol. The van der Waals surface area contributed by atoms with Gasteiger partial charge in [-0.15, -0.1) is 0 Å². The Bertz CT molecular complexity index is 887. The minimum Gasteiger partial charge on any atom is -0.324 e. The van der Waals surface area contributed by atoms with Gasteiger partial charge in [-0.25, -0.2) is 0 Å². The summed E-state index contributed by atoms with van der Waals surface area (Å²) in [5.74, 6) is 0.169. The fourth-order valence-corrected chi connectivity index (χ4v) is 3.39. The molecule has 0 heterocycles. The largest absolute Gasteiger partial charge is 0.324 e.